The largest absolute Gasteiger partial charge is 0.364 e. The van der Waals surface area contributed by atoms with Gasteiger partial charge in [0.15, 0.2) is 5.56 Å². The Morgan fingerprint density at radius 3 is 3.42 bits per heavy atom. The van der Waals surface area contributed by atoms with Crippen molar-refractivity contribution in [2.24, 2.45) is 4.99 Å². The Balaban J connectivity index is 2.36. The molecule has 0 bridgehead atoms. The smallest absolute Gasteiger partial charge is 0.182 e. The molecule has 1 fully saturated rings. The van der Waals surface area contributed by atoms with E-state index in [1.54, 1.807) is 6.20 Å². The molecule has 0 amide bonds. The van der Waals surface area contributed by atoms with Crippen molar-refractivity contribution in [2.45, 2.75) is 12.5 Å². The van der Waals surface area contributed by atoms with E-state index in [0.717, 1.165) is 17.3 Å². The molecule has 0 spiro atoms. The van der Waals surface area contributed by atoms with Gasteiger partial charge in [0.2, 0.25) is 0 Å². The van der Waals surface area contributed by atoms with Crippen molar-refractivity contribution in [1.29, 1.82) is 0 Å². The van der Waals surface area contributed by atoms with Gasteiger partial charge in [0.05, 0.1) is 4.91 Å². The topological polar surface area (TPSA) is 35.8 Å². The molecule has 3 nitrogen and oxygen atoms in total. The third kappa shape index (κ3) is 1.07. The van der Waals surface area contributed by atoms with E-state index in [4.69, 9.17) is 0 Å². The van der Waals surface area contributed by atoms with E-state index in [1.807, 2.05) is 24.0 Å². The second kappa shape index (κ2) is 2.95. The SMILES string of the molecule is CC=C1SC(O)N2CC=CN=C12. The first-order valence-corrected chi connectivity index (χ1v) is 4.72. The van der Waals surface area contributed by atoms with E-state index in [-0.39, 0.29) is 0 Å². The summed E-state index contributed by atoms with van der Waals surface area (Å²) in [5.41, 5.74) is -0.458. The molecule has 0 aliphatic carbocycles. The molecule has 2 aliphatic heterocycles. The Labute approximate surface area is 75.5 Å². The van der Waals surface area contributed by atoms with Crippen LogP contribution in [0.5, 0.6) is 0 Å². The zero-order chi connectivity index (χ0) is 8.55. The molecule has 1 unspecified atom stereocenters. The van der Waals surface area contributed by atoms with Gasteiger partial charge in [-0.05, 0) is 13.0 Å². The monoisotopic (exact) mass is 182 g/mol. The van der Waals surface area contributed by atoms with Crippen molar-refractivity contribution in [3.8, 4) is 0 Å². The Hall–Kier alpha value is -0.740. The highest BCUT2D eigenvalue weighted by Gasteiger charge is 2.32. The Kier molecular flexibility index (Phi) is 1.94. The highest BCUT2D eigenvalue weighted by Crippen LogP contribution is 2.34. The molecule has 0 aromatic rings. The number of aliphatic hydroxyl groups is 1. The minimum absolute atomic E-state index is 0.458. The van der Waals surface area contributed by atoms with Crippen LogP contribution in [-0.2, 0) is 0 Å². The summed E-state index contributed by atoms with van der Waals surface area (Å²) in [6.07, 6.45) is 5.70. The average molecular weight is 182 g/mol. The van der Waals surface area contributed by atoms with Crippen LogP contribution in [0.15, 0.2) is 28.2 Å². The molecule has 64 valence electrons. The van der Waals surface area contributed by atoms with Crippen molar-refractivity contribution >= 4 is 17.6 Å². The van der Waals surface area contributed by atoms with Crippen LogP contribution in [0.1, 0.15) is 6.92 Å². The molecule has 0 radical (unpaired) electrons. The molecule has 4 heteroatoms. The number of rotatable bonds is 0. The summed E-state index contributed by atoms with van der Waals surface area (Å²) in [6, 6.07) is 0. The first kappa shape index (κ1) is 7.89. The normalized spacial score (nSPS) is 30.8. The van der Waals surface area contributed by atoms with Gasteiger partial charge in [-0.2, -0.15) is 0 Å². The van der Waals surface area contributed by atoms with Gasteiger partial charge in [-0.15, -0.1) is 0 Å². The summed E-state index contributed by atoms with van der Waals surface area (Å²) in [5, 5.41) is 9.56. The van der Waals surface area contributed by atoms with Crippen LogP contribution in [0, 0.1) is 0 Å². The molecule has 2 heterocycles. The van der Waals surface area contributed by atoms with Gasteiger partial charge in [-0.3, -0.25) is 0 Å². The predicted octanol–water partition coefficient (Wildman–Crippen LogP) is 1.14. The molecular weight excluding hydrogens is 172 g/mol. The molecule has 0 saturated carbocycles. The number of hydrogen-bond acceptors (Lipinski definition) is 4. The number of nitrogens with zero attached hydrogens (tertiary/aromatic N) is 2. The van der Waals surface area contributed by atoms with E-state index in [0.29, 0.717) is 0 Å². The summed E-state index contributed by atoms with van der Waals surface area (Å²) >= 11 is 1.44. The van der Waals surface area contributed by atoms with Crippen molar-refractivity contribution < 1.29 is 5.11 Å². The first-order chi connectivity index (χ1) is 5.83. The van der Waals surface area contributed by atoms with E-state index < -0.39 is 5.56 Å². The number of fused-ring (bicyclic) bond motifs is 1. The van der Waals surface area contributed by atoms with Crippen molar-refractivity contribution in [1.82, 2.24) is 4.90 Å². The van der Waals surface area contributed by atoms with E-state index in [1.165, 1.54) is 11.8 Å². The number of thioether (sulfide) groups is 1. The maximum atomic E-state index is 9.56. The number of hydrogen-bond donors (Lipinski definition) is 1. The second-order valence-electron chi connectivity index (χ2n) is 2.59. The fourth-order valence-electron chi connectivity index (χ4n) is 1.27. The summed E-state index contributed by atoms with van der Waals surface area (Å²) in [7, 11) is 0. The number of amidine groups is 1. The van der Waals surface area contributed by atoms with Gasteiger partial charge in [0.25, 0.3) is 0 Å². The summed E-state index contributed by atoms with van der Waals surface area (Å²) < 4.78 is 0. The van der Waals surface area contributed by atoms with Gasteiger partial charge < -0.3 is 10.0 Å². The Morgan fingerprint density at radius 1 is 1.83 bits per heavy atom. The minimum atomic E-state index is -0.458. The summed E-state index contributed by atoms with van der Waals surface area (Å²) in [4.78, 5) is 7.14. The van der Waals surface area contributed by atoms with Gasteiger partial charge in [0.1, 0.15) is 5.84 Å². The van der Waals surface area contributed by atoms with Crippen molar-refractivity contribution in [2.75, 3.05) is 6.54 Å². The molecular formula is C8H10N2OS. The summed E-state index contributed by atoms with van der Waals surface area (Å²) in [6.45, 7) is 2.71. The van der Waals surface area contributed by atoms with Crippen LogP contribution < -0.4 is 0 Å². The molecule has 12 heavy (non-hydrogen) atoms. The zero-order valence-corrected chi connectivity index (χ0v) is 7.58. The van der Waals surface area contributed by atoms with Gasteiger partial charge >= 0.3 is 0 Å². The van der Waals surface area contributed by atoms with Crippen LogP contribution in [0.25, 0.3) is 0 Å². The quantitative estimate of drug-likeness (QED) is 0.610. The standard InChI is InChI=1S/C8H10N2OS/c1-2-6-7-9-4-3-5-10(7)8(11)12-6/h2-4,8,11H,5H2,1H3. The Morgan fingerprint density at radius 2 is 2.67 bits per heavy atom. The number of aliphatic hydroxyl groups excluding tert-OH is 1. The third-order valence-corrected chi connectivity index (χ3v) is 3.00. The maximum absolute atomic E-state index is 9.56. The van der Waals surface area contributed by atoms with Crippen LogP contribution >= 0.6 is 11.8 Å². The average Bonchev–Trinajstić information content (AvgIpc) is 2.44. The van der Waals surface area contributed by atoms with Crippen LogP contribution in [0.4, 0.5) is 0 Å². The highest BCUT2D eigenvalue weighted by molar-refractivity contribution is 8.04. The zero-order valence-electron chi connectivity index (χ0n) is 6.77. The van der Waals surface area contributed by atoms with E-state index >= 15 is 0 Å². The minimum Gasteiger partial charge on any atom is -0.364 e. The number of aliphatic imine (C=N–C) groups is 1. The lowest BCUT2D eigenvalue weighted by molar-refractivity contribution is 0.149. The molecule has 0 aromatic carbocycles. The molecule has 0 aromatic heterocycles. The molecule has 2 aliphatic rings. The predicted molar refractivity (Wildman–Crippen MR) is 50.6 cm³/mol. The third-order valence-electron chi connectivity index (χ3n) is 1.86. The lowest BCUT2D eigenvalue weighted by Gasteiger charge is -2.21. The lowest BCUT2D eigenvalue weighted by Crippen LogP contribution is -2.33. The van der Waals surface area contributed by atoms with E-state index in [2.05, 4.69) is 4.99 Å². The molecule has 1 N–H and O–H groups in total. The van der Waals surface area contributed by atoms with Gasteiger partial charge in [-0.25, -0.2) is 4.99 Å². The molecule has 1 atom stereocenters. The van der Waals surface area contributed by atoms with Crippen LogP contribution in [0.3, 0.4) is 0 Å². The van der Waals surface area contributed by atoms with Crippen molar-refractivity contribution in [3.63, 3.8) is 0 Å². The molecule has 1 saturated heterocycles. The highest BCUT2D eigenvalue weighted by atomic mass is 32.2. The van der Waals surface area contributed by atoms with Crippen molar-refractivity contribution in [3.05, 3.63) is 23.3 Å². The maximum Gasteiger partial charge on any atom is 0.182 e. The fraction of sp³-hybridized carbons (Fsp3) is 0.375. The van der Waals surface area contributed by atoms with E-state index in [9.17, 15) is 5.11 Å². The fourth-order valence-corrected chi connectivity index (χ4v) is 2.22. The van der Waals surface area contributed by atoms with Crippen LogP contribution in [-0.4, -0.2) is 27.9 Å². The number of allylic oxidation sites excluding steroid dienone is 1. The van der Waals surface area contributed by atoms with Crippen LogP contribution in [0.2, 0.25) is 0 Å². The molecule has 2 rings (SSSR count). The second-order valence-corrected chi connectivity index (χ2v) is 3.68. The lowest BCUT2D eigenvalue weighted by atomic mass is 10.4. The first-order valence-electron chi connectivity index (χ1n) is 3.84. The van der Waals surface area contributed by atoms with Gasteiger partial charge in [-0.1, -0.05) is 17.8 Å². The Bertz CT molecular complexity index is 283. The summed E-state index contributed by atoms with van der Waals surface area (Å²) in [5.74, 6) is 0.900. The van der Waals surface area contributed by atoms with Gasteiger partial charge in [0, 0.05) is 12.7 Å².